The summed E-state index contributed by atoms with van der Waals surface area (Å²) in [7, 11) is 0. The van der Waals surface area contributed by atoms with Gasteiger partial charge in [-0.3, -0.25) is 0 Å². The summed E-state index contributed by atoms with van der Waals surface area (Å²) in [5, 5.41) is 0. The molecule has 0 spiro atoms. The van der Waals surface area contributed by atoms with Gasteiger partial charge < -0.3 is 24.4 Å². The third-order valence-electron chi connectivity index (χ3n) is 12.0. The molecular weight excluding hydrogens is 865 g/mol. The predicted octanol–water partition coefficient (Wildman–Crippen LogP) is 16.0. The van der Waals surface area contributed by atoms with Crippen molar-refractivity contribution in [3.63, 3.8) is 0 Å². The van der Waals surface area contributed by atoms with Gasteiger partial charge >= 0.3 is 23.9 Å². The summed E-state index contributed by atoms with van der Waals surface area (Å²) >= 11 is 0. The van der Waals surface area contributed by atoms with Crippen molar-refractivity contribution < 1.29 is 43.6 Å². The smallest absolute Gasteiger partial charge is 0.338 e. The number of hydrogen-bond acceptors (Lipinski definition) is 8. The molecule has 0 aliphatic heterocycles. The number of benzene rings is 4. The molecule has 4 rings (SSSR count). The fourth-order valence-corrected chi connectivity index (χ4v) is 7.92. The fourth-order valence-electron chi connectivity index (χ4n) is 7.92. The van der Waals surface area contributed by atoms with Gasteiger partial charge in [0.2, 0.25) is 0 Å². The van der Waals surface area contributed by atoms with Gasteiger partial charge in [-0.1, -0.05) is 229 Å². The largest absolute Gasteiger partial charge is 0.462 e. The van der Waals surface area contributed by atoms with Crippen LogP contribution in [0.1, 0.15) is 223 Å². The Balaban J connectivity index is 0.00000108. The first-order chi connectivity index (χ1) is 33.3. The van der Waals surface area contributed by atoms with E-state index in [9.17, 15) is 19.2 Å². The summed E-state index contributed by atoms with van der Waals surface area (Å²) in [5.74, 6) is -2.21. The third kappa shape index (κ3) is 24.7. The highest BCUT2D eigenvalue weighted by atomic mass is 16.5. The molecule has 0 heterocycles. The SMILES string of the molecule is CCCCCCCCOC(=O)c1ccc(-c2ccc(C(=O)OCCCCCCCC)cc2C(=O)OCCCCCCCC)c(C(=O)OCCCCCCCC)c1.O.c1ccc(-c2ccccc2)cc1. The molecule has 0 radical (unpaired) electrons. The summed E-state index contributed by atoms with van der Waals surface area (Å²) < 4.78 is 22.7. The van der Waals surface area contributed by atoms with Crippen LogP contribution in [0.4, 0.5) is 0 Å². The maximum atomic E-state index is 13.8. The minimum Gasteiger partial charge on any atom is -0.462 e. The Kier molecular flexibility index (Phi) is 33.4. The molecule has 9 heteroatoms. The number of esters is 4. The van der Waals surface area contributed by atoms with Crippen LogP contribution in [0.15, 0.2) is 97.1 Å². The van der Waals surface area contributed by atoms with Crippen molar-refractivity contribution in [3.05, 3.63) is 119 Å². The molecule has 9 nitrogen and oxygen atoms in total. The molecule has 0 fully saturated rings. The van der Waals surface area contributed by atoms with Crippen molar-refractivity contribution in [3.8, 4) is 22.3 Å². The second-order valence-corrected chi connectivity index (χ2v) is 17.9. The van der Waals surface area contributed by atoms with Crippen molar-refractivity contribution in [1.82, 2.24) is 0 Å². The monoisotopic (exact) mass is 951 g/mol. The van der Waals surface area contributed by atoms with Crippen molar-refractivity contribution in [2.24, 2.45) is 0 Å². The van der Waals surface area contributed by atoms with Gasteiger partial charge in [-0.15, -0.1) is 0 Å². The highest BCUT2D eigenvalue weighted by molar-refractivity contribution is 6.06. The molecule has 0 saturated heterocycles. The van der Waals surface area contributed by atoms with Gasteiger partial charge in [-0.2, -0.15) is 0 Å². The standard InChI is InChI=1S/C48H74O8.C12H10.H2O/c1-5-9-13-17-21-25-33-53-45(49)39-29-31-41(43(37-39)47(51)55-35-27-23-19-15-11-7-3)42-32-30-40(46(50)54-34-26-22-18-14-10-6-2)38-44(42)48(52)56-36-28-24-20-16-12-8-4;1-3-7-11(8-4-1)12-9-5-2-6-10-12;/h29-32,37-38H,5-28,33-36H2,1-4H3;1-10H;1H2. The van der Waals surface area contributed by atoms with Crippen molar-refractivity contribution in [2.75, 3.05) is 26.4 Å². The average Bonchev–Trinajstić information content (AvgIpc) is 3.37. The minimum absolute atomic E-state index is 0. The Bertz CT molecular complexity index is 1830. The van der Waals surface area contributed by atoms with Gasteiger partial charge in [0.05, 0.1) is 48.7 Å². The van der Waals surface area contributed by atoms with E-state index in [2.05, 4.69) is 76.2 Å². The second kappa shape index (κ2) is 38.6. The number of rotatable bonds is 34. The highest BCUT2D eigenvalue weighted by Gasteiger charge is 2.24. The number of carbonyl (C=O) groups is 4. The quantitative estimate of drug-likeness (QED) is 0.0256. The lowest BCUT2D eigenvalue weighted by atomic mass is 9.92. The maximum Gasteiger partial charge on any atom is 0.338 e. The summed E-state index contributed by atoms with van der Waals surface area (Å²) in [5.41, 5.74) is 4.12. The summed E-state index contributed by atoms with van der Waals surface area (Å²) in [6, 6.07) is 30.3. The molecule has 4 aromatic carbocycles. The van der Waals surface area contributed by atoms with E-state index >= 15 is 0 Å². The molecule has 0 bridgehead atoms. The van der Waals surface area contributed by atoms with E-state index in [4.69, 9.17) is 18.9 Å². The van der Waals surface area contributed by atoms with Crippen LogP contribution in [-0.2, 0) is 18.9 Å². The summed E-state index contributed by atoms with van der Waals surface area (Å²) in [4.78, 5) is 53.9. The molecule has 0 aliphatic carbocycles. The van der Waals surface area contributed by atoms with Gasteiger partial charge in [-0.05, 0) is 72.2 Å². The zero-order chi connectivity index (χ0) is 48.9. The molecule has 69 heavy (non-hydrogen) atoms. The van der Waals surface area contributed by atoms with Gasteiger partial charge in [0.15, 0.2) is 0 Å². The van der Waals surface area contributed by atoms with Gasteiger partial charge in [0.1, 0.15) is 0 Å². The van der Waals surface area contributed by atoms with E-state index in [1.165, 1.54) is 74.6 Å². The van der Waals surface area contributed by atoms with Gasteiger partial charge in [0, 0.05) is 0 Å². The van der Waals surface area contributed by atoms with Crippen LogP contribution >= 0.6 is 0 Å². The molecule has 0 amide bonds. The van der Waals surface area contributed by atoms with Crippen LogP contribution in [0.3, 0.4) is 0 Å². The van der Waals surface area contributed by atoms with E-state index in [-0.39, 0.29) is 40.9 Å². The molecule has 0 saturated carbocycles. The van der Waals surface area contributed by atoms with Gasteiger partial charge in [-0.25, -0.2) is 19.2 Å². The van der Waals surface area contributed by atoms with E-state index in [1.54, 1.807) is 24.3 Å². The van der Waals surface area contributed by atoms with Crippen molar-refractivity contribution >= 4 is 23.9 Å². The fraction of sp³-hybridized carbons (Fsp3) is 0.533. The lowest BCUT2D eigenvalue weighted by molar-refractivity contribution is 0.0476. The Morgan fingerprint density at radius 2 is 0.580 bits per heavy atom. The zero-order valence-electron chi connectivity index (χ0n) is 42.8. The first-order valence-electron chi connectivity index (χ1n) is 26.4. The van der Waals surface area contributed by atoms with E-state index < -0.39 is 23.9 Å². The van der Waals surface area contributed by atoms with E-state index in [0.717, 1.165) is 103 Å². The molecule has 380 valence electrons. The topological polar surface area (TPSA) is 137 Å². The molecule has 0 atom stereocenters. The van der Waals surface area contributed by atoms with Crippen molar-refractivity contribution in [2.45, 2.75) is 182 Å². The maximum absolute atomic E-state index is 13.8. The molecule has 0 aromatic heterocycles. The van der Waals surface area contributed by atoms with Crippen LogP contribution in [0.25, 0.3) is 22.3 Å². The van der Waals surface area contributed by atoms with Gasteiger partial charge in [0.25, 0.3) is 0 Å². The molecular formula is C60H86O9. The molecule has 4 aromatic rings. The normalized spacial score (nSPS) is 10.6. The summed E-state index contributed by atoms with van der Waals surface area (Å²) in [6.45, 7) is 9.80. The Morgan fingerprint density at radius 1 is 0.319 bits per heavy atom. The molecule has 0 aliphatic rings. The first kappa shape index (κ1) is 59.8. The van der Waals surface area contributed by atoms with Crippen LogP contribution in [0.5, 0.6) is 0 Å². The number of ether oxygens (including phenoxy) is 4. The average molecular weight is 951 g/mol. The first-order valence-corrected chi connectivity index (χ1v) is 26.4. The van der Waals surface area contributed by atoms with Crippen LogP contribution < -0.4 is 0 Å². The lowest BCUT2D eigenvalue weighted by Crippen LogP contribution is -2.14. The predicted molar refractivity (Wildman–Crippen MR) is 282 cm³/mol. The van der Waals surface area contributed by atoms with E-state index in [0.29, 0.717) is 24.3 Å². The van der Waals surface area contributed by atoms with Crippen LogP contribution in [-0.4, -0.2) is 55.8 Å². The Labute approximate surface area is 415 Å². The van der Waals surface area contributed by atoms with Crippen LogP contribution in [0.2, 0.25) is 0 Å². The number of carbonyl (C=O) groups excluding carboxylic acids is 4. The molecule has 0 unspecified atom stereocenters. The second-order valence-electron chi connectivity index (χ2n) is 17.9. The third-order valence-corrected chi connectivity index (χ3v) is 12.0. The number of unbranched alkanes of at least 4 members (excludes halogenated alkanes) is 20. The molecule has 2 N–H and O–H groups in total. The Hall–Kier alpha value is -5.28. The summed E-state index contributed by atoms with van der Waals surface area (Å²) in [6.07, 6.45) is 25.4. The van der Waals surface area contributed by atoms with Crippen LogP contribution in [0, 0.1) is 0 Å². The Morgan fingerprint density at radius 3 is 0.870 bits per heavy atom. The zero-order valence-corrected chi connectivity index (χ0v) is 42.8. The lowest BCUT2D eigenvalue weighted by Gasteiger charge is -2.16. The highest BCUT2D eigenvalue weighted by Crippen LogP contribution is 2.31. The number of hydrogen-bond donors (Lipinski definition) is 0. The van der Waals surface area contributed by atoms with Crippen molar-refractivity contribution in [1.29, 1.82) is 0 Å². The minimum atomic E-state index is -0.590. The van der Waals surface area contributed by atoms with E-state index in [1.807, 2.05) is 12.1 Å².